The summed E-state index contributed by atoms with van der Waals surface area (Å²) in [6, 6.07) is 6.32. The largest absolute Gasteiger partial charge is 0.368 e. The number of carbonyl (C=O) groups excluding carboxylic acids is 2. The van der Waals surface area contributed by atoms with Crippen molar-refractivity contribution in [2.75, 3.05) is 0 Å². The average molecular weight is 320 g/mol. The van der Waals surface area contributed by atoms with Crippen LogP contribution in [-0.2, 0) is 11.2 Å². The molecule has 0 saturated heterocycles. The maximum absolute atomic E-state index is 13.8. The molecule has 0 aliphatic carbocycles. The molecule has 3 N–H and O–H groups in total. The molecule has 1 heterocycles. The summed E-state index contributed by atoms with van der Waals surface area (Å²) < 4.78 is 13.8. The van der Waals surface area contributed by atoms with Crippen molar-refractivity contribution in [1.82, 2.24) is 5.32 Å². The van der Waals surface area contributed by atoms with Crippen LogP contribution in [0.1, 0.15) is 38.6 Å². The first kappa shape index (κ1) is 16.2. The van der Waals surface area contributed by atoms with Gasteiger partial charge in [-0.25, -0.2) is 4.39 Å². The SMILES string of the molecule is CCc1sc(C(=O)N[C@H](C(N)=O)c2ccccc2F)cc1C. The number of aryl methyl sites for hydroxylation is 2. The number of primary amides is 1. The predicted octanol–water partition coefficient (Wildman–Crippen LogP) is 2.71. The number of nitrogens with one attached hydrogen (secondary N) is 1. The van der Waals surface area contributed by atoms with Gasteiger partial charge < -0.3 is 11.1 Å². The monoisotopic (exact) mass is 320 g/mol. The molecule has 6 heteroatoms. The molecule has 2 rings (SSSR count). The summed E-state index contributed by atoms with van der Waals surface area (Å²) in [5, 5.41) is 2.51. The Hall–Kier alpha value is -2.21. The number of amides is 2. The fourth-order valence-electron chi connectivity index (χ4n) is 2.20. The van der Waals surface area contributed by atoms with E-state index in [-0.39, 0.29) is 5.56 Å². The Kier molecular flexibility index (Phi) is 4.92. The zero-order valence-corrected chi connectivity index (χ0v) is 13.2. The van der Waals surface area contributed by atoms with Crippen molar-refractivity contribution in [3.8, 4) is 0 Å². The Morgan fingerprint density at radius 3 is 2.59 bits per heavy atom. The summed E-state index contributed by atoms with van der Waals surface area (Å²) in [4.78, 5) is 25.5. The number of thiophene rings is 1. The van der Waals surface area contributed by atoms with Gasteiger partial charge in [0, 0.05) is 10.4 Å². The lowest BCUT2D eigenvalue weighted by Gasteiger charge is -2.16. The van der Waals surface area contributed by atoms with Crippen molar-refractivity contribution in [3.05, 3.63) is 57.0 Å². The predicted molar refractivity (Wildman–Crippen MR) is 84.2 cm³/mol. The Morgan fingerprint density at radius 2 is 2.05 bits per heavy atom. The van der Waals surface area contributed by atoms with Gasteiger partial charge in [0.1, 0.15) is 11.9 Å². The fraction of sp³-hybridized carbons (Fsp3) is 0.250. The third-order valence-electron chi connectivity index (χ3n) is 3.34. The van der Waals surface area contributed by atoms with Crippen LogP contribution in [0, 0.1) is 12.7 Å². The highest BCUT2D eigenvalue weighted by Crippen LogP contribution is 2.24. The van der Waals surface area contributed by atoms with Gasteiger partial charge in [-0.15, -0.1) is 11.3 Å². The standard InChI is InChI=1S/C16H17FN2O2S/c1-3-12-9(2)8-13(22-12)16(21)19-14(15(18)20)10-6-4-5-7-11(10)17/h4-8,14H,3H2,1-2H3,(H2,18,20)(H,19,21)/t14-/m0/s1. The van der Waals surface area contributed by atoms with Crippen LogP contribution in [0.2, 0.25) is 0 Å². The molecule has 1 aromatic heterocycles. The van der Waals surface area contributed by atoms with E-state index in [1.807, 2.05) is 13.8 Å². The van der Waals surface area contributed by atoms with Gasteiger partial charge in [-0.1, -0.05) is 25.1 Å². The molecule has 0 radical (unpaired) electrons. The van der Waals surface area contributed by atoms with Crippen LogP contribution in [0.5, 0.6) is 0 Å². The Bertz CT molecular complexity index is 712. The summed E-state index contributed by atoms with van der Waals surface area (Å²) >= 11 is 1.36. The Morgan fingerprint density at radius 1 is 1.36 bits per heavy atom. The van der Waals surface area contributed by atoms with E-state index in [0.717, 1.165) is 16.9 Å². The first-order valence-electron chi connectivity index (χ1n) is 6.88. The van der Waals surface area contributed by atoms with Gasteiger partial charge >= 0.3 is 0 Å². The second-order valence-electron chi connectivity index (χ2n) is 4.90. The molecule has 0 fully saturated rings. The van der Waals surface area contributed by atoms with Crippen LogP contribution in [0.25, 0.3) is 0 Å². The van der Waals surface area contributed by atoms with E-state index >= 15 is 0 Å². The number of halogens is 1. The van der Waals surface area contributed by atoms with Gasteiger partial charge in [-0.3, -0.25) is 9.59 Å². The van der Waals surface area contributed by atoms with E-state index in [1.165, 1.54) is 29.5 Å². The lowest BCUT2D eigenvalue weighted by Crippen LogP contribution is -2.37. The molecule has 22 heavy (non-hydrogen) atoms. The highest BCUT2D eigenvalue weighted by atomic mass is 32.1. The van der Waals surface area contributed by atoms with E-state index in [0.29, 0.717) is 4.88 Å². The van der Waals surface area contributed by atoms with Crippen molar-refractivity contribution >= 4 is 23.2 Å². The van der Waals surface area contributed by atoms with Crippen LogP contribution in [0.15, 0.2) is 30.3 Å². The maximum Gasteiger partial charge on any atom is 0.262 e. The smallest absolute Gasteiger partial charge is 0.262 e. The lowest BCUT2D eigenvalue weighted by atomic mass is 10.1. The number of hydrogen-bond acceptors (Lipinski definition) is 3. The molecule has 2 amide bonds. The number of benzene rings is 1. The van der Waals surface area contributed by atoms with Crippen LogP contribution in [0.4, 0.5) is 4.39 Å². The summed E-state index contributed by atoms with van der Waals surface area (Å²) in [6.45, 7) is 3.93. The van der Waals surface area contributed by atoms with E-state index in [2.05, 4.69) is 5.32 Å². The molecule has 0 unspecified atom stereocenters. The Balaban J connectivity index is 2.26. The Labute approximate surface area is 132 Å². The van der Waals surface area contributed by atoms with Crippen LogP contribution >= 0.6 is 11.3 Å². The van der Waals surface area contributed by atoms with Gasteiger partial charge in [-0.05, 0) is 31.0 Å². The van der Waals surface area contributed by atoms with E-state index in [9.17, 15) is 14.0 Å². The molecular weight excluding hydrogens is 303 g/mol. The highest BCUT2D eigenvalue weighted by Gasteiger charge is 2.24. The zero-order chi connectivity index (χ0) is 16.3. The minimum atomic E-state index is -1.19. The van der Waals surface area contributed by atoms with Gasteiger partial charge in [-0.2, -0.15) is 0 Å². The zero-order valence-electron chi connectivity index (χ0n) is 12.4. The second kappa shape index (κ2) is 6.70. The van der Waals surface area contributed by atoms with Crippen molar-refractivity contribution in [2.24, 2.45) is 5.73 Å². The minimum Gasteiger partial charge on any atom is -0.368 e. The van der Waals surface area contributed by atoms with Gasteiger partial charge in [0.25, 0.3) is 5.91 Å². The van der Waals surface area contributed by atoms with Crippen molar-refractivity contribution in [1.29, 1.82) is 0 Å². The number of nitrogens with two attached hydrogens (primary N) is 1. The van der Waals surface area contributed by atoms with Gasteiger partial charge in [0.2, 0.25) is 5.91 Å². The molecule has 0 saturated carbocycles. The molecule has 0 spiro atoms. The fourth-order valence-corrected chi connectivity index (χ4v) is 3.21. The summed E-state index contributed by atoms with van der Waals surface area (Å²) in [6.07, 6.45) is 0.830. The van der Waals surface area contributed by atoms with Crippen molar-refractivity contribution in [2.45, 2.75) is 26.3 Å². The second-order valence-corrected chi connectivity index (χ2v) is 6.04. The van der Waals surface area contributed by atoms with Crippen molar-refractivity contribution < 1.29 is 14.0 Å². The summed E-state index contributed by atoms with van der Waals surface area (Å²) in [5.41, 5.74) is 6.40. The maximum atomic E-state index is 13.8. The highest BCUT2D eigenvalue weighted by molar-refractivity contribution is 7.14. The summed E-state index contributed by atoms with van der Waals surface area (Å²) in [7, 11) is 0. The molecule has 4 nitrogen and oxygen atoms in total. The van der Waals surface area contributed by atoms with Crippen LogP contribution < -0.4 is 11.1 Å². The number of hydrogen-bond donors (Lipinski definition) is 2. The number of rotatable bonds is 5. The third-order valence-corrected chi connectivity index (χ3v) is 4.72. The van der Waals surface area contributed by atoms with Gasteiger partial charge in [0.05, 0.1) is 4.88 Å². The topological polar surface area (TPSA) is 72.2 Å². The molecular formula is C16H17FN2O2S. The molecule has 1 aromatic carbocycles. The normalized spacial score (nSPS) is 12.0. The minimum absolute atomic E-state index is 0.0624. The molecule has 116 valence electrons. The van der Waals surface area contributed by atoms with E-state index in [1.54, 1.807) is 12.1 Å². The molecule has 1 atom stereocenters. The van der Waals surface area contributed by atoms with Crippen molar-refractivity contribution in [3.63, 3.8) is 0 Å². The first-order valence-corrected chi connectivity index (χ1v) is 7.69. The van der Waals surface area contributed by atoms with E-state index in [4.69, 9.17) is 5.73 Å². The lowest BCUT2D eigenvalue weighted by molar-refractivity contribution is -0.120. The van der Waals surface area contributed by atoms with Crippen LogP contribution in [0.3, 0.4) is 0 Å². The molecule has 0 aliphatic rings. The molecule has 2 aromatic rings. The molecule has 0 aliphatic heterocycles. The average Bonchev–Trinajstić information content (AvgIpc) is 2.86. The number of carbonyl (C=O) groups is 2. The first-order chi connectivity index (χ1) is 10.4. The molecule has 0 bridgehead atoms. The van der Waals surface area contributed by atoms with E-state index < -0.39 is 23.7 Å². The van der Waals surface area contributed by atoms with Crippen LogP contribution in [-0.4, -0.2) is 11.8 Å². The van der Waals surface area contributed by atoms with Gasteiger partial charge in [0.15, 0.2) is 0 Å². The third kappa shape index (κ3) is 3.33. The quantitative estimate of drug-likeness (QED) is 0.889. The summed E-state index contributed by atoms with van der Waals surface area (Å²) in [5.74, 6) is -1.81.